The summed E-state index contributed by atoms with van der Waals surface area (Å²) < 4.78 is 26.7. The number of aromatic nitrogens is 5. The van der Waals surface area contributed by atoms with Crippen LogP contribution in [0.2, 0.25) is 0 Å². The number of hydrogen-bond donors (Lipinski definition) is 0. The van der Waals surface area contributed by atoms with Crippen molar-refractivity contribution in [1.29, 1.82) is 0 Å². The molecular weight excluding hydrogens is 443 g/mol. The van der Waals surface area contributed by atoms with Gasteiger partial charge in [-0.25, -0.2) is 4.39 Å². The summed E-state index contributed by atoms with van der Waals surface area (Å²) in [7, 11) is 0. The van der Waals surface area contributed by atoms with Crippen molar-refractivity contribution in [1.82, 2.24) is 24.9 Å². The highest BCUT2D eigenvalue weighted by molar-refractivity contribution is 7.99. The molecule has 0 N–H and O–H groups in total. The predicted octanol–water partition coefficient (Wildman–Crippen LogP) is 4.02. The predicted molar refractivity (Wildman–Crippen MR) is 123 cm³/mol. The van der Waals surface area contributed by atoms with Gasteiger partial charge < -0.3 is 14.2 Å². The lowest BCUT2D eigenvalue weighted by molar-refractivity contribution is 0.122. The standard InChI is InChI=1S/C23H23FN6O2S/c24-18-8-4-9-19(16-18)30-22(29-11-13-31-14-12-29)26-27-23(30)33-15-5-10-20-25-21(28-32-20)17-6-2-1-3-7-17/h1-4,6-9,16H,5,10-15H2. The Morgan fingerprint density at radius 3 is 2.67 bits per heavy atom. The van der Waals surface area contributed by atoms with Gasteiger partial charge in [-0.3, -0.25) is 4.57 Å². The third-order valence-corrected chi connectivity index (χ3v) is 6.26. The van der Waals surface area contributed by atoms with Crippen LogP contribution in [0.4, 0.5) is 10.3 Å². The van der Waals surface area contributed by atoms with Gasteiger partial charge in [0.15, 0.2) is 5.16 Å². The van der Waals surface area contributed by atoms with E-state index in [0.717, 1.165) is 36.0 Å². The van der Waals surface area contributed by atoms with E-state index >= 15 is 0 Å². The van der Waals surface area contributed by atoms with Crippen LogP contribution in [0.25, 0.3) is 17.1 Å². The number of nitrogens with zero attached hydrogens (tertiary/aromatic N) is 6. The first-order valence-electron chi connectivity index (χ1n) is 10.8. The molecule has 5 rings (SSSR count). The maximum absolute atomic E-state index is 14.0. The van der Waals surface area contributed by atoms with Crippen LogP contribution in [-0.2, 0) is 11.2 Å². The average molecular weight is 467 g/mol. The van der Waals surface area contributed by atoms with Gasteiger partial charge in [0.1, 0.15) is 5.82 Å². The van der Waals surface area contributed by atoms with E-state index in [2.05, 4.69) is 25.2 Å². The number of hydrogen-bond acceptors (Lipinski definition) is 8. The molecule has 1 saturated heterocycles. The van der Waals surface area contributed by atoms with Gasteiger partial charge in [-0.15, -0.1) is 10.2 Å². The highest BCUT2D eigenvalue weighted by Crippen LogP contribution is 2.28. The van der Waals surface area contributed by atoms with E-state index in [0.29, 0.717) is 43.0 Å². The summed E-state index contributed by atoms with van der Waals surface area (Å²) in [6, 6.07) is 16.3. The van der Waals surface area contributed by atoms with Gasteiger partial charge in [-0.05, 0) is 24.6 Å². The molecule has 170 valence electrons. The Hall–Kier alpha value is -3.24. The molecule has 1 aliphatic heterocycles. The largest absolute Gasteiger partial charge is 0.378 e. The molecule has 10 heteroatoms. The molecule has 0 unspecified atom stereocenters. The van der Waals surface area contributed by atoms with Crippen molar-refractivity contribution in [3.63, 3.8) is 0 Å². The fourth-order valence-electron chi connectivity index (χ4n) is 3.61. The topological polar surface area (TPSA) is 82.1 Å². The van der Waals surface area contributed by atoms with Crippen molar-refractivity contribution in [3.05, 3.63) is 66.3 Å². The zero-order valence-electron chi connectivity index (χ0n) is 17.9. The molecule has 2 aromatic carbocycles. The molecule has 8 nitrogen and oxygen atoms in total. The zero-order chi connectivity index (χ0) is 22.5. The summed E-state index contributed by atoms with van der Waals surface area (Å²) in [4.78, 5) is 6.60. The monoisotopic (exact) mass is 466 g/mol. The highest BCUT2D eigenvalue weighted by Gasteiger charge is 2.22. The van der Waals surface area contributed by atoms with Crippen molar-refractivity contribution in [3.8, 4) is 17.1 Å². The molecule has 4 aromatic rings. The second kappa shape index (κ2) is 10.1. The SMILES string of the molecule is Fc1cccc(-n2c(SCCCc3nc(-c4ccccc4)no3)nnc2N2CCOCC2)c1. The minimum absolute atomic E-state index is 0.296. The van der Waals surface area contributed by atoms with Gasteiger partial charge in [0.25, 0.3) is 0 Å². The Labute approximate surface area is 194 Å². The highest BCUT2D eigenvalue weighted by atomic mass is 32.2. The van der Waals surface area contributed by atoms with E-state index in [4.69, 9.17) is 9.26 Å². The van der Waals surface area contributed by atoms with E-state index in [1.807, 2.05) is 41.0 Å². The van der Waals surface area contributed by atoms with Gasteiger partial charge in [0.2, 0.25) is 17.7 Å². The first kappa shape index (κ1) is 21.6. The minimum atomic E-state index is -0.296. The van der Waals surface area contributed by atoms with Crippen LogP contribution in [0.15, 0.2) is 64.3 Å². The number of anilines is 1. The molecule has 0 saturated carbocycles. The summed E-state index contributed by atoms with van der Waals surface area (Å²) in [5.41, 5.74) is 1.63. The van der Waals surface area contributed by atoms with E-state index in [1.165, 1.54) is 12.1 Å². The Morgan fingerprint density at radius 2 is 1.85 bits per heavy atom. The van der Waals surface area contributed by atoms with Gasteiger partial charge in [0, 0.05) is 30.8 Å². The van der Waals surface area contributed by atoms with Gasteiger partial charge in [-0.2, -0.15) is 4.98 Å². The van der Waals surface area contributed by atoms with Crippen molar-refractivity contribution < 1.29 is 13.7 Å². The zero-order valence-corrected chi connectivity index (χ0v) is 18.7. The Kier molecular flexibility index (Phi) is 6.63. The Bertz CT molecular complexity index is 1190. The first-order valence-corrected chi connectivity index (χ1v) is 11.8. The van der Waals surface area contributed by atoms with Crippen molar-refractivity contribution >= 4 is 17.7 Å². The lowest BCUT2D eigenvalue weighted by Gasteiger charge is -2.27. The van der Waals surface area contributed by atoms with E-state index in [1.54, 1.807) is 17.8 Å². The van der Waals surface area contributed by atoms with Crippen LogP contribution in [0, 0.1) is 5.82 Å². The molecule has 1 fully saturated rings. The molecular formula is C23H23FN6O2S. The summed E-state index contributed by atoms with van der Waals surface area (Å²) in [6.07, 6.45) is 1.49. The molecule has 0 bridgehead atoms. The Morgan fingerprint density at radius 1 is 1.00 bits per heavy atom. The van der Waals surface area contributed by atoms with Crippen LogP contribution in [0.3, 0.4) is 0 Å². The number of aryl methyl sites for hydroxylation is 1. The second-order valence-corrected chi connectivity index (χ2v) is 8.59. The van der Waals surface area contributed by atoms with Crippen LogP contribution in [0.5, 0.6) is 0 Å². The molecule has 0 radical (unpaired) electrons. The molecule has 0 spiro atoms. The molecule has 2 aromatic heterocycles. The summed E-state index contributed by atoms with van der Waals surface area (Å²) >= 11 is 1.57. The van der Waals surface area contributed by atoms with E-state index in [-0.39, 0.29) is 5.82 Å². The summed E-state index contributed by atoms with van der Waals surface area (Å²) in [5.74, 6) is 2.39. The van der Waals surface area contributed by atoms with Crippen LogP contribution in [-0.4, -0.2) is 57.0 Å². The number of morpholine rings is 1. The quantitative estimate of drug-likeness (QED) is 0.285. The molecule has 1 aliphatic rings. The Balaban J connectivity index is 1.27. The minimum Gasteiger partial charge on any atom is -0.378 e. The number of benzene rings is 2. The maximum atomic E-state index is 14.0. The smallest absolute Gasteiger partial charge is 0.232 e. The van der Waals surface area contributed by atoms with Gasteiger partial charge in [-0.1, -0.05) is 53.3 Å². The summed E-state index contributed by atoms with van der Waals surface area (Å²) in [5, 5.41) is 13.6. The number of ether oxygens (including phenoxy) is 1. The van der Waals surface area contributed by atoms with Crippen molar-refractivity contribution in [2.75, 3.05) is 37.0 Å². The summed E-state index contributed by atoms with van der Waals surface area (Å²) in [6.45, 7) is 2.71. The van der Waals surface area contributed by atoms with Crippen LogP contribution < -0.4 is 4.90 Å². The van der Waals surface area contributed by atoms with Crippen molar-refractivity contribution in [2.45, 2.75) is 18.0 Å². The normalized spacial score (nSPS) is 14.0. The fraction of sp³-hybridized carbons (Fsp3) is 0.304. The van der Waals surface area contributed by atoms with Crippen LogP contribution in [0.1, 0.15) is 12.3 Å². The lowest BCUT2D eigenvalue weighted by atomic mass is 10.2. The van der Waals surface area contributed by atoms with Gasteiger partial charge >= 0.3 is 0 Å². The maximum Gasteiger partial charge on any atom is 0.232 e. The molecule has 33 heavy (non-hydrogen) atoms. The van der Waals surface area contributed by atoms with Crippen LogP contribution >= 0.6 is 11.8 Å². The second-order valence-electron chi connectivity index (χ2n) is 7.53. The molecule has 3 heterocycles. The third-order valence-electron chi connectivity index (χ3n) is 5.24. The molecule has 0 aliphatic carbocycles. The van der Waals surface area contributed by atoms with E-state index < -0.39 is 0 Å². The average Bonchev–Trinajstić information content (AvgIpc) is 3.50. The number of thioether (sulfide) groups is 1. The van der Waals surface area contributed by atoms with Crippen molar-refractivity contribution in [2.24, 2.45) is 0 Å². The first-order chi connectivity index (χ1) is 16.3. The third kappa shape index (κ3) is 5.07. The molecule has 0 atom stereocenters. The molecule has 0 amide bonds. The lowest BCUT2D eigenvalue weighted by Crippen LogP contribution is -2.37. The number of halogens is 1. The van der Waals surface area contributed by atoms with E-state index in [9.17, 15) is 4.39 Å². The van der Waals surface area contributed by atoms with Gasteiger partial charge in [0.05, 0.1) is 18.9 Å². The number of rotatable bonds is 8. The fourth-order valence-corrected chi connectivity index (χ4v) is 4.50.